The maximum absolute atomic E-state index is 13.1. The van der Waals surface area contributed by atoms with Crippen LogP contribution in [0.5, 0.6) is 0 Å². The van der Waals surface area contributed by atoms with E-state index >= 15 is 0 Å². The summed E-state index contributed by atoms with van der Waals surface area (Å²) in [4.78, 5) is 23.3. The summed E-state index contributed by atoms with van der Waals surface area (Å²) in [5.74, 6) is -0.379. The van der Waals surface area contributed by atoms with Gasteiger partial charge in [0.15, 0.2) is 0 Å². The van der Waals surface area contributed by atoms with E-state index in [9.17, 15) is 9.18 Å². The van der Waals surface area contributed by atoms with Crippen LogP contribution in [0.4, 0.5) is 4.39 Å². The number of benzene rings is 1. The molecule has 3 aromatic rings. The molecule has 2 aromatic heterocycles. The second kappa shape index (κ2) is 10.9. The zero-order valence-electron chi connectivity index (χ0n) is 16.6. The van der Waals surface area contributed by atoms with Crippen molar-refractivity contribution < 1.29 is 9.18 Å². The SMILES string of the molecule is CCn1cnc(C(=O)N(Cc2ccnc(-c3ccc(F)cc3)c2)C(C)C)c1.Cl.Cl. The van der Waals surface area contributed by atoms with Gasteiger partial charge in [0.05, 0.1) is 12.0 Å². The molecule has 5 nitrogen and oxygen atoms in total. The molecule has 0 spiro atoms. The molecule has 2 heterocycles. The number of aryl methyl sites for hydroxylation is 1. The van der Waals surface area contributed by atoms with Gasteiger partial charge in [-0.2, -0.15) is 0 Å². The second-order valence-corrected chi connectivity index (χ2v) is 6.67. The van der Waals surface area contributed by atoms with E-state index in [0.717, 1.165) is 23.4 Å². The molecule has 0 saturated carbocycles. The molecule has 0 radical (unpaired) electrons. The van der Waals surface area contributed by atoms with Crippen LogP contribution < -0.4 is 0 Å². The molecule has 0 fully saturated rings. The molecule has 0 unspecified atom stereocenters. The standard InChI is InChI=1S/C21H23FN4O.2ClH/c1-4-25-13-20(24-14-25)21(27)26(15(2)3)12-16-9-10-23-19(11-16)17-5-7-18(22)8-6-17;;/h5-11,13-15H,4,12H2,1-3H3;2*1H. The number of carbonyl (C=O) groups is 1. The molecule has 29 heavy (non-hydrogen) atoms. The zero-order chi connectivity index (χ0) is 19.4. The Hall–Kier alpha value is -2.44. The van der Waals surface area contributed by atoms with Crippen LogP contribution in [0, 0.1) is 5.82 Å². The largest absolute Gasteiger partial charge is 0.337 e. The second-order valence-electron chi connectivity index (χ2n) is 6.67. The molecule has 156 valence electrons. The van der Waals surface area contributed by atoms with Crippen LogP contribution in [0.1, 0.15) is 36.8 Å². The predicted octanol–water partition coefficient (Wildman–Crippen LogP) is 5.00. The van der Waals surface area contributed by atoms with Gasteiger partial charge in [-0.05, 0) is 62.7 Å². The Kier molecular flexibility index (Phi) is 9.27. The van der Waals surface area contributed by atoms with E-state index in [1.165, 1.54) is 12.1 Å². The van der Waals surface area contributed by atoms with Crippen molar-refractivity contribution >= 4 is 30.7 Å². The highest BCUT2D eigenvalue weighted by Crippen LogP contribution is 2.20. The van der Waals surface area contributed by atoms with Crippen molar-refractivity contribution in [1.29, 1.82) is 0 Å². The van der Waals surface area contributed by atoms with Gasteiger partial charge in [-0.3, -0.25) is 9.78 Å². The van der Waals surface area contributed by atoms with Gasteiger partial charge in [-0.15, -0.1) is 24.8 Å². The fourth-order valence-corrected chi connectivity index (χ4v) is 2.83. The quantitative estimate of drug-likeness (QED) is 0.543. The molecule has 0 atom stereocenters. The van der Waals surface area contributed by atoms with Gasteiger partial charge in [0.1, 0.15) is 11.5 Å². The summed E-state index contributed by atoms with van der Waals surface area (Å²) in [5, 5.41) is 0. The van der Waals surface area contributed by atoms with E-state index in [4.69, 9.17) is 0 Å². The number of carbonyl (C=O) groups excluding carboxylic acids is 1. The third kappa shape index (κ3) is 6.02. The minimum atomic E-state index is -0.280. The molecule has 1 amide bonds. The zero-order valence-corrected chi connectivity index (χ0v) is 18.2. The average Bonchev–Trinajstić information content (AvgIpc) is 3.15. The minimum absolute atomic E-state index is 0. The van der Waals surface area contributed by atoms with Crippen molar-refractivity contribution in [1.82, 2.24) is 19.4 Å². The lowest BCUT2D eigenvalue weighted by atomic mass is 10.1. The number of amides is 1. The lowest BCUT2D eigenvalue weighted by Gasteiger charge is -2.26. The van der Waals surface area contributed by atoms with Crippen LogP contribution in [-0.4, -0.2) is 31.4 Å². The van der Waals surface area contributed by atoms with Gasteiger partial charge in [0.2, 0.25) is 0 Å². The molecule has 0 aliphatic heterocycles. The molecule has 0 aliphatic rings. The van der Waals surface area contributed by atoms with E-state index < -0.39 is 0 Å². The molecular weight excluding hydrogens is 414 g/mol. The third-order valence-corrected chi connectivity index (χ3v) is 4.42. The summed E-state index contributed by atoms with van der Waals surface area (Å²) in [7, 11) is 0. The monoisotopic (exact) mass is 438 g/mol. The van der Waals surface area contributed by atoms with Gasteiger partial charge in [0.25, 0.3) is 5.91 Å². The van der Waals surface area contributed by atoms with Crippen LogP contribution in [0.3, 0.4) is 0 Å². The number of nitrogens with zero attached hydrogens (tertiary/aromatic N) is 4. The third-order valence-electron chi connectivity index (χ3n) is 4.42. The fraction of sp³-hybridized carbons (Fsp3) is 0.286. The van der Waals surface area contributed by atoms with Crippen molar-refractivity contribution in [2.75, 3.05) is 0 Å². The Labute approximate surface area is 182 Å². The Morgan fingerprint density at radius 2 is 1.83 bits per heavy atom. The smallest absolute Gasteiger partial charge is 0.274 e. The molecule has 0 saturated heterocycles. The lowest BCUT2D eigenvalue weighted by Crippen LogP contribution is -2.36. The molecule has 1 aromatic carbocycles. The summed E-state index contributed by atoms with van der Waals surface area (Å²) in [5.41, 5.74) is 2.99. The van der Waals surface area contributed by atoms with Crippen molar-refractivity contribution in [2.24, 2.45) is 0 Å². The molecule has 0 aliphatic carbocycles. The highest BCUT2D eigenvalue weighted by molar-refractivity contribution is 5.92. The number of hydrogen-bond donors (Lipinski definition) is 0. The first kappa shape index (κ1) is 24.6. The Balaban J connectivity index is 0.00000210. The first-order valence-electron chi connectivity index (χ1n) is 9.01. The van der Waals surface area contributed by atoms with E-state index in [2.05, 4.69) is 9.97 Å². The normalized spacial score (nSPS) is 10.2. The van der Waals surface area contributed by atoms with Crippen LogP contribution in [-0.2, 0) is 13.1 Å². The van der Waals surface area contributed by atoms with Crippen molar-refractivity contribution in [3.05, 3.63) is 72.2 Å². The molecule has 0 bridgehead atoms. The molecule has 3 rings (SSSR count). The summed E-state index contributed by atoms with van der Waals surface area (Å²) < 4.78 is 15.0. The number of imidazole rings is 1. The van der Waals surface area contributed by atoms with Crippen molar-refractivity contribution in [3.8, 4) is 11.3 Å². The number of halogens is 3. The molecular formula is C21H25Cl2FN4O. The van der Waals surface area contributed by atoms with Crippen LogP contribution >= 0.6 is 24.8 Å². The van der Waals surface area contributed by atoms with Gasteiger partial charge in [0, 0.05) is 37.1 Å². The summed E-state index contributed by atoms with van der Waals surface area (Å²) >= 11 is 0. The predicted molar refractivity (Wildman–Crippen MR) is 117 cm³/mol. The van der Waals surface area contributed by atoms with Gasteiger partial charge >= 0.3 is 0 Å². The molecule has 0 N–H and O–H groups in total. The van der Waals surface area contributed by atoms with E-state index in [0.29, 0.717) is 12.2 Å². The van der Waals surface area contributed by atoms with E-state index in [1.54, 1.807) is 35.8 Å². The fourth-order valence-electron chi connectivity index (χ4n) is 2.83. The number of pyridine rings is 1. The van der Waals surface area contributed by atoms with E-state index in [-0.39, 0.29) is 42.6 Å². The highest BCUT2D eigenvalue weighted by Gasteiger charge is 2.21. The summed E-state index contributed by atoms with van der Waals surface area (Å²) in [6.45, 7) is 7.19. The van der Waals surface area contributed by atoms with Gasteiger partial charge in [-0.1, -0.05) is 0 Å². The number of rotatable bonds is 6. The topological polar surface area (TPSA) is 51.0 Å². The van der Waals surface area contributed by atoms with Gasteiger partial charge < -0.3 is 9.47 Å². The number of aromatic nitrogens is 3. The van der Waals surface area contributed by atoms with Gasteiger partial charge in [-0.25, -0.2) is 9.37 Å². The average molecular weight is 439 g/mol. The van der Waals surface area contributed by atoms with Crippen molar-refractivity contribution in [3.63, 3.8) is 0 Å². The Morgan fingerprint density at radius 3 is 2.41 bits per heavy atom. The Bertz CT molecular complexity index is 928. The molecule has 8 heteroatoms. The van der Waals surface area contributed by atoms with Crippen LogP contribution in [0.25, 0.3) is 11.3 Å². The summed E-state index contributed by atoms with van der Waals surface area (Å²) in [6.07, 6.45) is 5.15. The van der Waals surface area contributed by atoms with Crippen LogP contribution in [0.2, 0.25) is 0 Å². The van der Waals surface area contributed by atoms with Crippen LogP contribution in [0.15, 0.2) is 55.1 Å². The van der Waals surface area contributed by atoms with Crippen molar-refractivity contribution in [2.45, 2.75) is 39.9 Å². The summed E-state index contributed by atoms with van der Waals surface area (Å²) in [6, 6.07) is 10.1. The first-order chi connectivity index (χ1) is 13.0. The lowest BCUT2D eigenvalue weighted by molar-refractivity contribution is 0.0684. The maximum atomic E-state index is 13.1. The minimum Gasteiger partial charge on any atom is -0.337 e. The Morgan fingerprint density at radius 1 is 1.14 bits per heavy atom. The maximum Gasteiger partial charge on any atom is 0.274 e. The highest BCUT2D eigenvalue weighted by atomic mass is 35.5. The number of hydrogen-bond acceptors (Lipinski definition) is 3. The van der Waals surface area contributed by atoms with E-state index in [1.807, 2.05) is 37.5 Å². The first-order valence-corrected chi connectivity index (χ1v) is 9.01.